The number of carbonyl (C=O) groups excluding carboxylic acids is 3. The first-order valence-corrected chi connectivity index (χ1v) is 12.1. The van der Waals surface area contributed by atoms with Gasteiger partial charge in [0.15, 0.2) is 0 Å². The summed E-state index contributed by atoms with van der Waals surface area (Å²) in [5.74, 6) is -3.04. The molecule has 0 bridgehead atoms. The molecule has 2 aliphatic carbocycles. The number of piperidine rings is 1. The van der Waals surface area contributed by atoms with Crippen LogP contribution < -0.4 is 10.1 Å². The molecule has 5 rings (SSSR count). The van der Waals surface area contributed by atoms with E-state index in [0.29, 0.717) is 24.3 Å². The summed E-state index contributed by atoms with van der Waals surface area (Å²) in [6.07, 6.45) is 6.66. The van der Waals surface area contributed by atoms with E-state index in [1.54, 1.807) is 18.3 Å². The van der Waals surface area contributed by atoms with Gasteiger partial charge in [0.05, 0.1) is 6.04 Å². The predicted octanol–water partition coefficient (Wildman–Crippen LogP) is 3.64. The summed E-state index contributed by atoms with van der Waals surface area (Å²) in [5.41, 5.74) is 1.33. The van der Waals surface area contributed by atoms with Gasteiger partial charge in [-0.05, 0) is 49.4 Å². The van der Waals surface area contributed by atoms with Crippen LogP contribution in [0, 0.1) is 5.92 Å². The van der Waals surface area contributed by atoms with E-state index in [1.165, 1.54) is 4.90 Å². The number of halogens is 2. The van der Waals surface area contributed by atoms with Crippen LogP contribution in [0.5, 0.6) is 5.75 Å². The van der Waals surface area contributed by atoms with Crippen molar-refractivity contribution in [3.63, 3.8) is 0 Å². The number of benzene rings is 1. The summed E-state index contributed by atoms with van der Waals surface area (Å²) in [4.78, 5) is 42.8. The van der Waals surface area contributed by atoms with Crippen LogP contribution in [-0.4, -0.2) is 52.9 Å². The lowest BCUT2D eigenvalue weighted by Crippen LogP contribution is -2.52. The quantitative estimate of drug-likeness (QED) is 0.402. The lowest BCUT2D eigenvalue weighted by Gasteiger charge is -2.32. The van der Waals surface area contributed by atoms with Crippen LogP contribution in [0.3, 0.4) is 0 Å². The Morgan fingerprint density at radius 1 is 1.09 bits per heavy atom. The van der Waals surface area contributed by atoms with Gasteiger partial charge in [-0.25, -0.2) is 8.78 Å². The van der Waals surface area contributed by atoms with Crippen molar-refractivity contribution in [3.05, 3.63) is 29.3 Å². The normalized spacial score (nSPS) is 29.5. The Balaban J connectivity index is 1.27. The van der Waals surface area contributed by atoms with Crippen LogP contribution in [-0.2, 0) is 16.1 Å². The van der Waals surface area contributed by atoms with Crippen molar-refractivity contribution < 1.29 is 27.9 Å². The highest BCUT2D eigenvalue weighted by atomic mass is 19.3. The van der Waals surface area contributed by atoms with Gasteiger partial charge >= 0.3 is 0 Å². The molecule has 2 heterocycles. The fourth-order valence-electron chi connectivity index (χ4n) is 5.41. The van der Waals surface area contributed by atoms with Crippen molar-refractivity contribution in [1.82, 2.24) is 10.2 Å². The van der Waals surface area contributed by atoms with E-state index >= 15 is 0 Å². The first-order valence-electron chi connectivity index (χ1n) is 12.1. The zero-order chi connectivity index (χ0) is 23.9. The van der Waals surface area contributed by atoms with E-state index in [4.69, 9.17) is 4.74 Å². The maximum Gasteiger partial charge on any atom is 0.255 e. The fourth-order valence-corrected chi connectivity index (χ4v) is 5.41. The number of rotatable bonds is 5. The van der Waals surface area contributed by atoms with Gasteiger partial charge in [-0.2, -0.15) is 0 Å². The van der Waals surface area contributed by atoms with Crippen molar-refractivity contribution in [2.75, 3.05) is 0 Å². The molecule has 3 amide bonds. The number of nitrogens with zero attached hydrogens (tertiary/aromatic N) is 2. The molecule has 2 aliphatic heterocycles. The lowest BCUT2D eigenvalue weighted by molar-refractivity contribution is -0.136. The fraction of sp³-hybridized carbons (Fsp3) is 0.600. The number of hydrogen-bond acceptors (Lipinski definition) is 5. The number of carbonyl (C=O) groups is 3. The first kappa shape index (κ1) is 22.9. The van der Waals surface area contributed by atoms with Crippen LogP contribution in [0.15, 0.2) is 23.2 Å². The van der Waals surface area contributed by atoms with Crippen molar-refractivity contribution in [1.29, 1.82) is 0 Å². The summed E-state index contributed by atoms with van der Waals surface area (Å²) in [7, 11) is 0. The molecular weight excluding hydrogens is 444 g/mol. The summed E-state index contributed by atoms with van der Waals surface area (Å²) >= 11 is 0. The van der Waals surface area contributed by atoms with Gasteiger partial charge in [-0.1, -0.05) is 12.8 Å². The number of imide groups is 1. The molecule has 1 aromatic carbocycles. The second kappa shape index (κ2) is 9.07. The van der Waals surface area contributed by atoms with Gasteiger partial charge < -0.3 is 9.64 Å². The zero-order valence-electron chi connectivity index (χ0n) is 19.0. The molecule has 0 radical (unpaired) electrons. The summed E-state index contributed by atoms with van der Waals surface area (Å²) in [6.45, 7) is 0.291. The molecule has 182 valence electrons. The molecule has 1 N–H and O–H groups in total. The zero-order valence-corrected chi connectivity index (χ0v) is 19.0. The van der Waals surface area contributed by atoms with Crippen molar-refractivity contribution in [2.45, 2.75) is 88.4 Å². The van der Waals surface area contributed by atoms with Gasteiger partial charge in [-0.15, -0.1) is 0 Å². The Kier molecular flexibility index (Phi) is 6.12. The van der Waals surface area contributed by atoms with Crippen LogP contribution in [0.25, 0.3) is 0 Å². The van der Waals surface area contributed by atoms with Gasteiger partial charge in [0.25, 0.3) is 5.91 Å². The average Bonchev–Trinajstić information content (AvgIpc) is 2.93. The maximum atomic E-state index is 13.2. The molecule has 34 heavy (non-hydrogen) atoms. The number of fused-ring (bicyclic) bond motifs is 1. The van der Waals surface area contributed by atoms with E-state index in [0.717, 1.165) is 37.7 Å². The monoisotopic (exact) mass is 473 g/mol. The Bertz CT molecular complexity index is 1020. The maximum absolute atomic E-state index is 13.2. The summed E-state index contributed by atoms with van der Waals surface area (Å²) < 4.78 is 32.6. The number of alkyl halides is 2. The largest absolute Gasteiger partial charge is 0.488 e. The molecule has 4 aliphatic rings. The third-order valence-electron chi connectivity index (χ3n) is 7.31. The smallest absolute Gasteiger partial charge is 0.255 e. The van der Waals surface area contributed by atoms with E-state index in [1.807, 2.05) is 6.07 Å². The average molecular weight is 474 g/mol. The molecule has 2 unspecified atom stereocenters. The Labute approximate surface area is 196 Å². The van der Waals surface area contributed by atoms with Crippen molar-refractivity contribution in [2.24, 2.45) is 10.9 Å². The van der Waals surface area contributed by atoms with E-state index in [9.17, 15) is 23.2 Å². The van der Waals surface area contributed by atoms with Gasteiger partial charge in [-0.3, -0.25) is 24.7 Å². The highest BCUT2D eigenvalue weighted by Crippen LogP contribution is 2.41. The van der Waals surface area contributed by atoms with Crippen LogP contribution in [0.4, 0.5) is 8.78 Å². The highest BCUT2D eigenvalue weighted by molar-refractivity contribution is 6.05. The van der Waals surface area contributed by atoms with Crippen LogP contribution >= 0.6 is 0 Å². The minimum absolute atomic E-state index is 0.0772. The second-order valence-electron chi connectivity index (χ2n) is 9.90. The molecule has 2 saturated carbocycles. The number of ether oxygens (including phenoxy) is 1. The number of aliphatic imine (C=N–C) groups is 1. The molecule has 0 spiro atoms. The number of hydrogen-bond donors (Lipinski definition) is 1. The number of amides is 3. The predicted molar refractivity (Wildman–Crippen MR) is 120 cm³/mol. The second-order valence-corrected chi connectivity index (χ2v) is 9.90. The van der Waals surface area contributed by atoms with Crippen molar-refractivity contribution in [3.8, 4) is 5.75 Å². The highest BCUT2D eigenvalue weighted by Gasteiger charge is 2.44. The minimum Gasteiger partial charge on any atom is -0.488 e. The molecular formula is C25H29F2N3O4. The van der Waals surface area contributed by atoms with Gasteiger partial charge in [0.2, 0.25) is 17.7 Å². The molecule has 1 saturated heterocycles. The molecule has 3 atom stereocenters. The third kappa shape index (κ3) is 4.70. The third-order valence-corrected chi connectivity index (χ3v) is 7.31. The topological polar surface area (TPSA) is 88.1 Å². The molecule has 7 nitrogen and oxygen atoms in total. The Morgan fingerprint density at radius 2 is 1.88 bits per heavy atom. The lowest BCUT2D eigenvalue weighted by atomic mass is 9.82. The van der Waals surface area contributed by atoms with Crippen molar-refractivity contribution >= 4 is 23.9 Å². The van der Waals surface area contributed by atoms with Crippen LogP contribution in [0.1, 0.15) is 73.7 Å². The van der Waals surface area contributed by atoms with E-state index in [-0.39, 0.29) is 49.1 Å². The molecule has 1 aromatic rings. The summed E-state index contributed by atoms with van der Waals surface area (Å²) in [5, 5.41) is 2.31. The first-order chi connectivity index (χ1) is 16.3. The van der Waals surface area contributed by atoms with Gasteiger partial charge in [0.1, 0.15) is 17.9 Å². The van der Waals surface area contributed by atoms with Gasteiger partial charge in [0, 0.05) is 43.5 Å². The molecule has 0 aromatic heterocycles. The Morgan fingerprint density at radius 3 is 2.65 bits per heavy atom. The Hall–Kier alpha value is -2.84. The van der Waals surface area contributed by atoms with E-state index in [2.05, 4.69) is 10.3 Å². The molecule has 9 heteroatoms. The standard InChI is InChI=1S/C25H29F2N3O4/c26-25(27)11-15(12-25)13-28-19-4-2-1-3-5-21(19)34-17-6-7-18-16(10-17)14-30(24(18)33)20-8-9-22(31)29-23(20)32/h6-7,10,13,15,19-21H,1-5,8-9,11-12,14H2,(H,29,31,32)/b28-13-/t19-,20?,21?/m0/s1. The minimum atomic E-state index is -2.56. The SMILES string of the molecule is O=C1CCC(N2Cc3cc(OC4CCCCC[C@@H]4/N=C\C4CC(F)(F)C4)ccc3C2=O)C(=O)N1. The van der Waals surface area contributed by atoms with Crippen LogP contribution in [0.2, 0.25) is 0 Å². The summed E-state index contributed by atoms with van der Waals surface area (Å²) in [6, 6.07) is 4.61. The number of nitrogens with one attached hydrogen (secondary N) is 1. The molecule has 3 fully saturated rings. The van der Waals surface area contributed by atoms with E-state index < -0.39 is 17.9 Å².